The maximum Gasteiger partial charge on any atom is 0.328 e. The van der Waals surface area contributed by atoms with Gasteiger partial charge in [-0.3, -0.25) is 4.79 Å². The number of methoxy groups -OCH3 is 1. The van der Waals surface area contributed by atoms with Crippen molar-refractivity contribution in [3.05, 3.63) is 42.5 Å². The predicted octanol–water partition coefficient (Wildman–Crippen LogP) is 2.17. The van der Waals surface area contributed by atoms with E-state index in [0.29, 0.717) is 6.42 Å². The fourth-order valence-corrected chi connectivity index (χ4v) is 3.83. The summed E-state index contributed by atoms with van der Waals surface area (Å²) in [6.45, 7) is 10.8. The zero-order valence-corrected chi connectivity index (χ0v) is 17.9. The largest absolute Gasteiger partial charge is 0.467 e. The zero-order chi connectivity index (χ0) is 21.5. The highest BCUT2D eigenvalue weighted by Crippen LogP contribution is 2.16. The molecule has 4 atom stereocenters. The lowest BCUT2D eigenvalue weighted by atomic mass is 9.97. The van der Waals surface area contributed by atoms with Crippen molar-refractivity contribution in [2.75, 3.05) is 7.11 Å². The van der Waals surface area contributed by atoms with Crippen molar-refractivity contribution in [3.8, 4) is 0 Å². The van der Waals surface area contributed by atoms with Crippen molar-refractivity contribution < 1.29 is 22.7 Å². The van der Waals surface area contributed by atoms with Gasteiger partial charge in [-0.15, -0.1) is 6.58 Å². The molecule has 156 valence electrons. The van der Waals surface area contributed by atoms with Crippen LogP contribution in [0.15, 0.2) is 41.8 Å². The number of hydrogen-bond acceptors (Lipinski definition) is 5. The van der Waals surface area contributed by atoms with E-state index in [-0.39, 0.29) is 16.7 Å². The Labute approximate surface area is 167 Å². The molecule has 0 saturated heterocycles. The Morgan fingerprint density at radius 3 is 2.21 bits per heavy atom. The molecule has 0 radical (unpaired) electrons. The lowest BCUT2D eigenvalue weighted by molar-refractivity contribution is -0.146. The summed E-state index contributed by atoms with van der Waals surface area (Å²) in [4.78, 5) is 25.0. The number of hydrogen-bond donors (Lipinski definition) is 2. The summed E-state index contributed by atoms with van der Waals surface area (Å²) in [5.74, 6) is -1.89. The van der Waals surface area contributed by atoms with Gasteiger partial charge < -0.3 is 10.1 Å². The lowest BCUT2D eigenvalue weighted by Crippen LogP contribution is -2.55. The first kappa shape index (κ1) is 23.8. The number of carbonyl (C=O) groups excluding carboxylic acids is 2. The third kappa shape index (κ3) is 6.17. The molecule has 0 bridgehead atoms. The van der Waals surface area contributed by atoms with Gasteiger partial charge in [0.1, 0.15) is 12.1 Å². The Kier molecular flexibility index (Phi) is 8.84. The van der Waals surface area contributed by atoms with Gasteiger partial charge >= 0.3 is 5.97 Å². The number of rotatable bonds is 10. The molecule has 0 saturated carbocycles. The first-order chi connectivity index (χ1) is 13.1. The fraction of sp³-hybridized carbons (Fsp3) is 0.500. The van der Waals surface area contributed by atoms with Crippen LogP contribution in [0.5, 0.6) is 0 Å². The van der Waals surface area contributed by atoms with Gasteiger partial charge in [0.15, 0.2) is 0 Å². The predicted molar refractivity (Wildman–Crippen MR) is 108 cm³/mol. The standard InChI is InChI=1S/C20H30N2O5S/c1-7-14(4)17(19(23)21-18(15(5)8-2)20(24)27-6)22-28(25,26)16-11-9-13(3)10-12-16/h8-12,14-15,17-18,22H,2,7H2,1,3-6H3,(H,21,23)/t14-,15-,17-,18+/m0/s1. The van der Waals surface area contributed by atoms with Crippen LogP contribution in [0.1, 0.15) is 32.8 Å². The molecule has 1 aromatic rings. The average molecular weight is 411 g/mol. The second-order valence-corrected chi connectivity index (χ2v) is 8.62. The van der Waals surface area contributed by atoms with Gasteiger partial charge in [-0.2, -0.15) is 4.72 Å². The number of amides is 1. The molecule has 0 fully saturated rings. The van der Waals surface area contributed by atoms with Crippen molar-refractivity contribution >= 4 is 21.9 Å². The van der Waals surface area contributed by atoms with Crippen LogP contribution < -0.4 is 10.0 Å². The molecular formula is C20H30N2O5S. The average Bonchev–Trinajstić information content (AvgIpc) is 2.68. The second kappa shape index (κ2) is 10.4. The molecule has 0 aliphatic carbocycles. The van der Waals surface area contributed by atoms with Crippen LogP contribution in [-0.2, 0) is 24.3 Å². The van der Waals surface area contributed by atoms with Gasteiger partial charge in [0.25, 0.3) is 0 Å². The van der Waals surface area contributed by atoms with Gasteiger partial charge in [0.2, 0.25) is 15.9 Å². The zero-order valence-electron chi connectivity index (χ0n) is 17.1. The minimum absolute atomic E-state index is 0.0724. The van der Waals surface area contributed by atoms with E-state index in [1.807, 2.05) is 13.8 Å². The van der Waals surface area contributed by atoms with E-state index in [2.05, 4.69) is 16.6 Å². The van der Waals surface area contributed by atoms with E-state index in [4.69, 9.17) is 4.74 Å². The third-order valence-corrected chi connectivity index (χ3v) is 6.22. The summed E-state index contributed by atoms with van der Waals surface area (Å²) >= 11 is 0. The molecule has 2 N–H and O–H groups in total. The highest BCUT2D eigenvalue weighted by atomic mass is 32.2. The maximum absolute atomic E-state index is 12.9. The van der Waals surface area contributed by atoms with Gasteiger partial charge in [-0.05, 0) is 25.0 Å². The van der Waals surface area contributed by atoms with Crippen LogP contribution in [0.2, 0.25) is 0 Å². The molecule has 0 aliphatic heterocycles. The van der Waals surface area contributed by atoms with Gasteiger partial charge in [0.05, 0.1) is 12.0 Å². The van der Waals surface area contributed by atoms with Crippen molar-refractivity contribution in [1.82, 2.24) is 10.0 Å². The van der Waals surface area contributed by atoms with Crippen LogP contribution in [0.25, 0.3) is 0 Å². The number of ether oxygens (including phenoxy) is 1. The molecule has 0 unspecified atom stereocenters. The smallest absolute Gasteiger partial charge is 0.328 e. The Bertz CT molecular complexity index is 789. The molecular weight excluding hydrogens is 380 g/mol. The number of carbonyl (C=O) groups is 2. The van der Waals surface area contributed by atoms with E-state index < -0.39 is 34.0 Å². The number of benzene rings is 1. The summed E-state index contributed by atoms with van der Waals surface area (Å²) < 4.78 is 32.7. The van der Waals surface area contributed by atoms with E-state index >= 15 is 0 Å². The van der Waals surface area contributed by atoms with Crippen molar-refractivity contribution in [1.29, 1.82) is 0 Å². The topological polar surface area (TPSA) is 102 Å². The highest BCUT2D eigenvalue weighted by Gasteiger charge is 2.34. The number of esters is 1. The van der Waals surface area contributed by atoms with Gasteiger partial charge in [-0.25, -0.2) is 13.2 Å². The quantitative estimate of drug-likeness (QED) is 0.455. The van der Waals surface area contributed by atoms with Gasteiger partial charge in [-0.1, -0.05) is 51.0 Å². The molecule has 0 aromatic heterocycles. The summed E-state index contributed by atoms with van der Waals surface area (Å²) in [6.07, 6.45) is 2.09. The minimum Gasteiger partial charge on any atom is -0.467 e. The fourth-order valence-electron chi connectivity index (χ4n) is 2.53. The van der Waals surface area contributed by atoms with Crippen molar-refractivity contribution in [2.45, 2.75) is 51.1 Å². The van der Waals surface area contributed by atoms with Crippen molar-refractivity contribution in [2.24, 2.45) is 11.8 Å². The van der Waals surface area contributed by atoms with Crippen LogP contribution in [0, 0.1) is 18.8 Å². The number of nitrogens with one attached hydrogen (secondary N) is 2. The Morgan fingerprint density at radius 2 is 1.75 bits per heavy atom. The Hall–Kier alpha value is -2.19. The van der Waals surface area contributed by atoms with Crippen LogP contribution in [0.4, 0.5) is 0 Å². The summed E-state index contributed by atoms with van der Waals surface area (Å²) in [6, 6.07) is 4.35. The summed E-state index contributed by atoms with van der Waals surface area (Å²) in [5, 5.41) is 2.61. The molecule has 0 aliphatic rings. The second-order valence-electron chi connectivity index (χ2n) is 6.90. The number of aryl methyl sites for hydroxylation is 1. The monoisotopic (exact) mass is 410 g/mol. The van der Waals surface area contributed by atoms with Crippen molar-refractivity contribution in [3.63, 3.8) is 0 Å². The Balaban J connectivity index is 3.13. The van der Waals surface area contributed by atoms with Crippen LogP contribution in [-0.4, -0.2) is 39.5 Å². The molecule has 8 heteroatoms. The molecule has 1 rings (SSSR count). The van der Waals surface area contributed by atoms with E-state index in [1.165, 1.54) is 25.3 Å². The van der Waals surface area contributed by atoms with E-state index in [9.17, 15) is 18.0 Å². The normalized spacial score (nSPS) is 15.8. The molecule has 7 nitrogen and oxygen atoms in total. The first-order valence-electron chi connectivity index (χ1n) is 9.17. The Morgan fingerprint density at radius 1 is 1.18 bits per heavy atom. The summed E-state index contributed by atoms with van der Waals surface area (Å²) in [7, 11) is -2.69. The first-order valence-corrected chi connectivity index (χ1v) is 10.6. The highest BCUT2D eigenvalue weighted by molar-refractivity contribution is 7.89. The minimum atomic E-state index is -3.91. The molecule has 0 spiro atoms. The lowest BCUT2D eigenvalue weighted by Gasteiger charge is -2.27. The molecule has 0 heterocycles. The SMILES string of the molecule is C=C[C@H](C)[C@@H](NC(=O)[C@@H](NS(=O)(=O)c1ccc(C)cc1)[C@@H](C)CC)C(=O)OC. The molecule has 1 aromatic carbocycles. The summed E-state index contributed by atoms with van der Waals surface area (Å²) in [5.41, 5.74) is 0.925. The number of sulfonamides is 1. The van der Waals surface area contributed by atoms with E-state index in [0.717, 1.165) is 5.56 Å². The van der Waals surface area contributed by atoms with Crippen LogP contribution >= 0.6 is 0 Å². The third-order valence-electron chi connectivity index (χ3n) is 4.76. The molecule has 28 heavy (non-hydrogen) atoms. The van der Waals surface area contributed by atoms with E-state index in [1.54, 1.807) is 26.0 Å². The molecule has 1 amide bonds. The van der Waals surface area contributed by atoms with Gasteiger partial charge in [0, 0.05) is 5.92 Å². The van der Waals surface area contributed by atoms with Crippen LogP contribution in [0.3, 0.4) is 0 Å². The maximum atomic E-state index is 12.9.